The van der Waals surface area contributed by atoms with Crippen LogP contribution < -0.4 is 10.9 Å². The SMILES string of the molecule is C=CC(=O)N1CCN(CCn2c(=O)ccc3cnc(Nc4cnn(C)c4)nc32)C2(CC2)C1. The molecule has 32 heavy (non-hydrogen) atoms. The van der Waals surface area contributed by atoms with E-state index in [2.05, 4.69) is 31.9 Å². The first-order valence-corrected chi connectivity index (χ1v) is 10.8. The number of rotatable bonds is 6. The van der Waals surface area contributed by atoms with E-state index in [1.165, 1.54) is 6.08 Å². The van der Waals surface area contributed by atoms with Gasteiger partial charge in [-0.15, -0.1) is 0 Å². The van der Waals surface area contributed by atoms with Gasteiger partial charge in [0.15, 0.2) is 0 Å². The summed E-state index contributed by atoms with van der Waals surface area (Å²) in [5.41, 5.74) is 1.32. The van der Waals surface area contributed by atoms with Crippen LogP contribution in [-0.2, 0) is 18.4 Å². The van der Waals surface area contributed by atoms with E-state index in [9.17, 15) is 9.59 Å². The van der Waals surface area contributed by atoms with E-state index in [0.717, 1.165) is 43.5 Å². The molecular weight excluding hydrogens is 408 g/mol. The van der Waals surface area contributed by atoms with Gasteiger partial charge in [0.05, 0.1) is 11.9 Å². The van der Waals surface area contributed by atoms with Crippen molar-refractivity contribution in [2.45, 2.75) is 24.9 Å². The molecule has 5 rings (SSSR count). The number of pyridine rings is 1. The highest BCUT2D eigenvalue weighted by Crippen LogP contribution is 2.44. The average Bonchev–Trinajstić information content (AvgIpc) is 3.44. The Hall–Kier alpha value is -3.53. The minimum atomic E-state index is -0.0890. The van der Waals surface area contributed by atoms with Crippen LogP contribution in [0.15, 0.2) is 48.2 Å². The summed E-state index contributed by atoms with van der Waals surface area (Å²) in [6.45, 7) is 7.06. The van der Waals surface area contributed by atoms with E-state index in [1.54, 1.807) is 33.8 Å². The summed E-state index contributed by atoms with van der Waals surface area (Å²) < 4.78 is 3.40. The second kappa shape index (κ2) is 7.86. The summed E-state index contributed by atoms with van der Waals surface area (Å²) in [7, 11) is 1.84. The van der Waals surface area contributed by atoms with Gasteiger partial charge in [0.1, 0.15) is 5.65 Å². The number of fused-ring (bicyclic) bond motifs is 1. The van der Waals surface area contributed by atoms with Gasteiger partial charge in [-0.1, -0.05) is 6.58 Å². The van der Waals surface area contributed by atoms with Crippen molar-refractivity contribution < 1.29 is 4.79 Å². The Balaban J connectivity index is 1.36. The number of carbonyl (C=O) groups excluding carboxylic acids is 1. The normalized spacial score (nSPS) is 17.6. The number of nitrogens with zero attached hydrogens (tertiary/aromatic N) is 7. The molecule has 1 saturated heterocycles. The van der Waals surface area contributed by atoms with Gasteiger partial charge < -0.3 is 10.2 Å². The molecule has 0 radical (unpaired) electrons. The first-order chi connectivity index (χ1) is 15.5. The van der Waals surface area contributed by atoms with Crippen LogP contribution >= 0.6 is 0 Å². The minimum Gasteiger partial charge on any atom is -0.336 e. The Morgan fingerprint density at radius 2 is 2.09 bits per heavy atom. The molecule has 1 aliphatic carbocycles. The first-order valence-electron chi connectivity index (χ1n) is 10.8. The summed E-state index contributed by atoms with van der Waals surface area (Å²) in [6, 6.07) is 3.32. The van der Waals surface area contributed by atoms with Crippen molar-refractivity contribution in [3.63, 3.8) is 0 Å². The molecule has 0 atom stereocenters. The molecule has 1 amide bonds. The number of hydrogen-bond acceptors (Lipinski definition) is 7. The Labute approximate surface area is 185 Å². The summed E-state index contributed by atoms with van der Waals surface area (Å²) in [5, 5.41) is 8.08. The topological polar surface area (TPSA) is 101 Å². The molecule has 1 saturated carbocycles. The van der Waals surface area contributed by atoms with Gasteiger partial charge in [0.2, 0.25) is 11.9 Å². The lowest BCUT2D eigenvalue weighted by molar-refractivity contribution is -0.129. The first kappa shape index (κ1) is 20.4. The van der Waals surface area contributed by atoms with Gasteiger partial charge in [0, 0.05) is 69.2 Å². The van der Waals surface area contributed by atoms with Gasteiger partial charge >= 0.3 is 0 Å². The quantitative estimate of drug-likeness (QED) is 0.581. The smallest absolute Gasteiger partial charge is 0.252 e. The fourth-order valence-corrected chi connectivity index (χ4v) is 4.48. The predicted octanol–water partition coefficient (Wildman–Crippen LogP) is 1.13. The van der Waals surface area contributed by atoms with Gasteiger partial charge in [-0.05, 0) is 25.0 Å². The highest BCUT2D eigenvalue weighted by Gasteiger charge is 2.51. The molecule has 10 heteroatoms. The Morgan fingerprint density at radius 3 is 2.81 bits per heavy atom. The van der Waals surface area contributed by atoms with Gasteiger partial charge in [-0.25, -0.2) is 4.98 Å². The molecular formula is C22H26N8O2. The van der Waals surface area contributed by atoms with Crippen LogP contribution in [0.25, 0.3) is 11.0 Å². The van der Waals surface area contributed by atoms with Crippen LogP contribution in [0.5, 0.6) is 0 Å². The number of aryl methyl sites for hydroxylation is 1. The molecule has 3 aromatic heterocycles. The molecule has 4 heterocycles. The second-order valence-electron chi connectivity index (χ2n) is 8.50. The van der Waals surface area contributed by atoms with Crippen molar-refractivity contribution in [3.05, 3.63) is 53.7 Å². The molecule has 166 valence electrons. The average molecular weight is 435 g/mol. The number of carbonyl (C=O) groups is 1. The molecule has 3 aromatic rings. The highest BCUT2D eigenvalue weighted by atomic mass is 16.2. The molecule has 1 spiro atoms. The lowest BCUT2D eigenvalue weighted by Crippen LogP contribution is -2.56. The van der Waals surface area contributed by atoms with Crippen LogP contribution in [0.3, 0.4) is 0 Å². The molecule has 1 N–H and O–H groups in total. The summed E-state index contributed by atoms with van der Waals surface area (Å²) in [4.78, 5) is 38.1. The summed E-state index contributed by atoms with van der Waals surface area (Å²) >= 11 is 0. The van der Waals surface area contributed by atoms with E-state index in [-0.39, 0.29) is 17.0 Å². The van der Waals surface area contributed by atoms with Crippen molar-refractivity contribution in [1.29, 1.82) is 0 Å². The van der Waals surface area contributed by atoms with Crippen molar-refractivity contribution >= 4 is 28.6 Å². The number of piperazine rings is 1. The largest absolute Gasteiger partial charge is 0.336 e. The molecule has 0 aromatic carbocycles. The van der Waals surface area contributed by atoms with Crippen LogP contribution in [0.4, 0.5) is 11.6 Å². The zero-order chi connectivity index (χ0) is 22.3. The second-order valence-corrected chi connectivity index (χ2v) is 8.50. The van der Waals surface area contributed by atoms with Gasteiger partial charge in [-0.3, -0.25) is 23.7 Å². The fraction of sp³-hybridized carbons (Fsp3) is 0.409. The molecule has 2 aliphatic rings. The molecule has 0 bridgehead atoms. The number of aromatic nitrogens is 5. The van der Waals surface area contributed by atoms with E-state index in [4.69, 9.17) is 0 Å². The van der Waals surface area contributed by atoms with Gasteiger partial charge in [0.25, 0.3) is 5.56 Å². The lowest BCUT2D eigenvalue weighted by atomic mass is 10.1. The van der Waals surface area contributed by atoms with E-state index >= 15 is 0 Å². The molecule has 2 fully saturated rings. The maximum atomic E-state index is 12.7. The lowest BCUT2D eigenvalue weighted by Gasteiger charge is -2.42. The zero-order valence-corrected chi connectivity index (χ0v) is 18.1. The van der Waals surface area contributed by atoms with Crippen LogP contribution in [0, 0.1) is 0 Å². The molecule has 1 aliphatic heterocycles. The van der Waals surface area contributed by atoms with Gasteiger partial charge in [-0.2, -0.15) is 10.1 Å². The van der Waals surface area contributed by atoms with Crippen LogP contribution in [0.1, 0.15) is 12.8 Å². The summed E-state index contributed by atoms with van der Waals surface area (Å²) in [6.07, 6.45) is 8.77. The number of hydrogen-bond donors (Lipinski definition) is 1. The zero-order valence-electron chi connectivity index (χ0n) is 18.1. The van der Waals surface area contributed by atoms with Crippen molar-refractivity contribution in [2.75, 3.05) is 31.5 Å². The standard InChI is InChI=1S/C22H26N8O2/c1-3-18(31)28-8-9-29(22(15-28)6-7-22)10-11-30-19(32)5-4-16-12-23-21(26-20(16)30)25-17-13-24-27(2)14-17/h3-5,12-14H,1,6-11,15H2,2H3,(H,23,25,26). The van der Waals surface area contributed by atoms with Crippen LogP contribution in [-0.4, -0.2) is 71.7 Å². The Morgan fingerprint density at radius 1 is 1.25 bits per heavy atom. The van der Waals surface area contributed by atoms with Crippen molar-refractivity contribution in [2.24, 2.45) is 7.05 Å². The third-order valence-corrected chi connectivity index (χ3v) is 6.39. The van der Waals surface area contributed by atoms with E-state index < -0.39 is 0 Å². The Bertz CT molecular complexity index is 1240. The third kappa shape index (κ3) is 3.77. The highest BCUT2D eigenvalue weighted by molar-refractivity contribution is 5.87. The maximum Gasteiger partial charge on any atom is 0.252 e. The molecule has 10 nitrogen and oxygen atoms in total. The number of nitrogens with one attached hydrogen (secondary N) is 1. The van der Waals surface area contributed by atoms with E-state index in [0.29, 0.717) is 24.7 Å². The maximum absolute atomic E-state index is 12.7. The molecule has 0 unspecified atom stereocenters. The van der Waals surface area contributed by atoms with E-state index in [1.807, 2.05) is 18.1 Å². The minimum absolute atomic E-state index is 0.00783. The monoisotopic (exact) mass is 434 g/mol. The Kier molecular flexibility index (Phi) is 5.01. The predicted molar refractivity (Wildman–Crippen MR) is 121 cm³/mol. The summed E-state index contributed by atoms with van der Waals surface area (Å²) in [5.74, 6) is 0.409. The van der Waals surface area contributed by atoms with Crippen LogP contribution in [0.2, 0.25) is 0 Å². The fourth-order valence-electron chi connectivity index (χ4n) is 4.48. The van der Waals surface area contributed by atoms with Crippen molar-refractivity contribution in [1.82, 2.24) is 34.1 Å². The third-order valence-electron chi connectivity index (χ3n) is 6.39. The number of anilines is 2. The van der Waals surface area contributed by atoms with Crippen molar-refractivity contribution in [3.8, 4) is 0 Å². The number of amides is 1.